The van der Waals surface area contributed by atoms with Crippen LogP contribution in [0.1, 0.15) is 20.8 Å². The van der Waals surface area contributed by atoms with E-state index in [1.165, 1.54) is 25.4 Å². The van der Waals surface area contributed by atoms with Gasteiger partial charge in [0.2, 0.25) is 0 Å². The number of anilines is 1. The van der Waals surface area contributed by atoms with Gasteiger partial charge in [-0.2, -0.15) is 0 Å². The minimum atomic E-state index is -0.391. The van der Waals surface area contributed by atoms with Gasteiger partial charge in [0.15, 0.2) is 0 Å². The summed E-state index contributed by atoms with van der Waals surface area (Å²) in [5, 5.41) is 14.0. The first-order valence-electron chi connectivity index (χ1n) is 8.66. The average Bonchev–Trinajstić information content (AvgIpc) is 3.19. The molecule has 10 heteroatoms. The molecule has 0 unspecified atom stereocenters. The molecule has 0 atom stereocenters. The van der Waals surface area contributed by atoms with Crippen LogP contribution in [0.3, 0.4) is 0 Å². The molecule has 0 aromatic carbocycles. The van der Waals surface area contributed by atoms with Crippen LogP contribution in [0.2, 0.25) is 0 Å². The second kappa shape index (κ2) is 7.43. The molecule has 0 aliphatic carbocycles. The summed E-state index contributed by atoms with van der Waals surface area (Å²) in [6, 6.07) is 8.41. The molecule has 4 rings (SSSR count). The lowest BCUT2D eigenvalue weighted by Crippen LogP contribution is -2.20. The van der Waals surface area contributed by atoms with E-state index in [9.17, 15) is 9.59 Å². The molecule has 0 fully saturated rings. The Bertz CT molecular complexity index is 1220. The van der Waals surface area contributed by atoms with Gasteiger partial charge in [-0.05, 0) is 24.3 Å². The summed E-state index contributed by atoms with van der Waals surface area (Å²) in [5.74, 6) is -0.363. The SMILES string of the molecule is CNC(=O)c1ccc(C(=O)Nc2cc3nc(-c4cn(C)nn4)ccc3cn2)cn1. The first-order valence-corrected chi connectivity index (χ1v) is 8.66. The summed E-state index contributed by atoms with van der Waals surface area (Å²) in [5.41, 5.74) is 2.52. The maximum Gasteiger partial charge on any atom is 0.269 e. The quantitative estimate of drug-likeness (QED) is 0.541. The lowest BCUT2D eigenvalue weighted by Gasteiger charge is -2.06. The Kier molecular flexibility index (Phi) is 4.65. The maximum absolute atomic E-state index is 12.5. The Morgan fingerprint density at radius 1 is 1.00 bits per heavy atom. The van der Waals surface area contributed by atoms with Crippen molar-refractivity contribution in [1.82, 2.24) is 35.3 Å². The van der Waals surface area contributed by atoms with Crippen LogP contribution in [-0.2, 0) is 7.05 Å². The number of carbonyl (C=O) groups excluding carboxylic acids is 2. The zero-order chi connectivity index (χ0) is 20.4. The topological polar surface area (TPSA) is 128 Å². The summed E-state index contributed by atoms with van der Waals surface area (Å²) >= 11 is 0. The smallest absolute Gasteiger partial charge is 0.269 e. The fraction of sp³-hybridized carbons (Fsp3) is 0.105. The van der Waals surface area contributed by atoms with E-state index >= 15 is 0 Å². The number of nitrogens with zero attached hydrogens (tertiary/aromatic N) is 6. The van der Waals surface area contributed by atoms with Crippen LogP contribution < -0.4 is 10.6 Å². The molecule has 0 aliphatic heterocycles. The third kappa shape index (κ3) is 3.76. The van der Waals surface area contributed by atoms with Crippen LogP contribution in [0.5, 0.6) is 0 Å². The van der Waals surface area contributed by atoms with Gasteiger partial charge >= 0.3 is 0 Å². The van der Waals surface area contributed by atoms with E-state index in [2.05, 4.69) is 35.9 Å². The first kappa shape index (κ1) is 18.2. The fourth-order valence-electron chi connectivity index (χ4n) is 2.67. The summed E-state index contributed by atoms with van der Waals surface area (Å²) < 4.78 is 1.60. The van der Waals surface area contributed by atoms with E-state index in [4.69, 9.17) is 0 Å². The molecule has 0 aliphatic rings. The van der Waals surface area contributed by atoms with Crippen molar-refractivity contribution in [1.29, 1.82) is 0 Å². The molecule has 144 valence electrons. The standard InChI is InChI=1S/C19H16N8O2/c1-20-19(29)14-6-4-12(9-21-14)18(28)24-17-7-15-11(8-22-17)3-5-13(23-15)16-10-27(2)26-25-16/h3-10H,1-2H3,(H,20,29)(H,22,24,28). The normalized spacial score (nSPS) is 10.7. The van der Waals surface area contributed by atoms with Gasteiger partial charge in [-0.15, -0.1) is 5.10 Å². The van der Waals surface area contributed by atoms with E-state index in [0.717, 1.165) is 5.39 Å². The van der Waals surface area contributed by atoms with E-state index in [-0.39, 0.29) is 11.6 Å². The van der Waals surface area contributed by atoms with Crippen molar-refractivity contribution in [3.8, 4) is 11.4 Å². The molecule has 0 saturated heterocycles. The molecule has 0 radical (unpaired) electrons. The minimum absolute atomic E-state index is 0.230. The molecule has 4 aromatic heterocycles. The predicted molar refractivity (Wildman–Crippen MR) is 105 cm³/mol. The van der Waals surface area contributed by atoms with Crippen LogP contribution in [-0.4, -0.2) is 48.8 Å². The predicted octanol–water partition coefficient (Wildman–Crippen LogP) is 1.43. The van der Waals surface area contributed by atoms with Gasteiger partial charge in [-0.3, -0.25) is 19.3 Å². The number of amides is 2. The summed E-state index contributed by atoms with van der Waals surface area (Å²) in [4.78, 5) is 36.8. The molecular formula is C19H16N8O2. The zero-order valence-corrected chi connectivity index (χ0v) is 15.6. The molecular weight excluding hydrogens is 372 g/mol. The van der Waals surface area contributed by atoms with Gasteiger partial charge in [0.1, 0.15) is 17.2 Å². The molecule has 10 nitrogen and oxygen atoms in total. The number of hydrogen-bond donors (Lipinski definition) is 2. The van der Waals surface area contributed by atoms with Crippen molar-refractivity contribution in [2.75, 3.05) is 12.4 Å². The minimum Gasteiger partial charge on any atom is -0.354 e. The summed E-state index contributed by atoms with van der Waals surface area (Å²) in [6.07, 6.45) is 4.74. The van der Waals surface area contributed by atoms with Gasteiger partial charge in [0, 0.05) is 37.9 Å². The van der Waals surface area contributed by atoms with Crippen LogP contribution >= 0.6 is 0 Å². The van der Waals surface area contributed by atoms with Crippen molar-refractivity contribution < 1.29 is 9.59 Å². The number of aromatic nitrogens is 6. The number of aryl methyl sites for hydroxylation is 1. The Hall–Kier alpha value is -4.21. The Labute approximate surface area is 165 Å². The van der Waals surface area contributed by atoms with Crippen LogP contribution in [0.15, 0.2) is 48.9 Å². The van der Waals surface area contributed by atoms with Crippen molar-refractivity contribution >= 4 is 28.5 Å². The zero-order valence-electron chi connectivity index (χ0n) is 15.6. The van der Waals surface area contributed by atoms with E-state index in [1.807, 2.05) is 12.1 Å². The Morgan fingerprint density at radius 3 is 2.55 bits per heavy atom. The molecule has 0 spiro atoms. The number of nitrogens with one attached hydrogen (secondary N) is 2. The average molecular weight is 388 g/mol. The van der Waals surface area contributed by atoms with Gasteiger partial charge in [0.25, 0.3) is 11.8 Å². The fourth-order valence-corrected chi connectivity index (χ4v) is 2.67. The maximum atomic E-state index is 12.5. The van der Waals surface area contributed by atoms with Crippen LogP contribution in [0.25, 0.3) is 22.3 Å². The lowest BCUT2D eigenvalue weighted by molar-refractivity contribution is 0.0955. The van der Waals surface area contributed by atoms with Crippen molar-refractivity contribution in [2.45, 2.75) is 0 Å². The van der Waals surface area contributed by atoms with Crippen LogP contribution in [0, 0.1) is 0 Å². The molecule has 0 saturated carbocycles. The number of carbonyl (C=O) groups is 2. The van der Waals surface area contributed by atoms with Gasteiger partial charge < -0.3 is 10.6 Å². The molecule has 2 N–H and O–H groups in total. The Morgan fingerprint density at radius 2 is 1.86 bits per heavy atom. The third-order valence-corrected chi connectivity index (χ3v) is 4.17. The number of hydrogen-bond acceptors (Lipinski definition) is 7. The molecule has 4 aromatic rings. The highest BCUT2D eigenvalue weighted by atomic mass is 16.2. The third-order valence-electron chi connectivity index (χ3n) is 4.17. The highest BCUT2D eigenvalue weighted by molar-refractivity contribution is 6.04. The number of fused-ring (bicyclic) bond motifs is 1. The summed E-state index contributed by atoms with van der Waals surface area (Å²) in [6.45, 7) is 0. The van der Waals surface area contributed by atoms with E-state index in [1.54, 1.807) is 30.2 Å². The second-order valence-corrected chi connectivity index (χ2v) is 6.20. The van der Waals surface area contributed by atoms with Crippen LogP contribution in [0.4, 0.5) is 5.82 Å². The Balaban J connectivity index is 1.57. The number of rotatable bonds is 4. The highest BCUT2D eigenvalue weighted by Crippen LogP contribution is 2.20. The largest absolute Gasteiger partial charge is 0.354 e. The highest BCUT2D eigenvalue weighted by Gasteiger charge is 2.11. The molecule has 0 bridgehead atoms. The van der Waals surface area contributed by atoms with E-state index < -0.39 is 5.91 Å². The van der Waals surface area contributed by atoms with Gasteiger partial charge in [-0.1, -0.05) is 5.21 Å². The molecule has 4 heterocycles. The van der Waals surface area contributed by atoms with Crippen molar-refractivity contribution in [2.24, 2.45) is 7.05 Å². The van der Waals surface area contributed by atoms with Gasteiger partial charge in [-0.25, -0.2) is 9.97 Å². The molecule has 2 amide bonds. The van der Waals surface area contributed by atoms with Crippen molar-refractivity contribution in [3.05, 3.63) is 60.2 Å². The van der Waals surface area contributed by atoms with Gasteiger partial charge in [0.05, 0.1) is 23.0 Å². The van der Waals surface area contributed by atoms with Crippen molar-refractivity contribution in [3.63, 3.8) is 0 Å². The molecule has 29 heavy (non-hydrogen) atoms. The lowest BCUT2D eigenvalue weighted by atomic mass is 10.2. The van der Waals surface area contributed by atoms with E-state index in [0.29, 0.717) is 28.3 Å². The number of pyridine rings is 3. The monoisotopic (exact) mass is 388 g/mol. The first-order chi connectivity index (χ1) is 14.0. The second-order valence-electron chi connectivity index (χ2n) is 6.20. The summed E-state index contributed by atoms with van der Waals surface area (Å²) in [7, 11) is 3.30.